The maximum absolute atomic E-state index is 12.9. The van der Waals surface area contributed by atoms with Crippen LogP contribution >= 0.6 is 11.6 Å². The van der Waals surface area contributed by atoms with Gasteiger partial charge in [-0.05, 0) is 30.3 Å². The maximum Gasteiger partial charge on any atom is 0.265 e. The number of rotatable bonds is 4. The van der Waals surface area contributed by atoms with E-state index in [1.54, 1.807) is 54.6 Å². The highest BCUT2D eigenvalue weighted by Gasteiger charge is 2.22. The van der Waals surface area contributed by atoms with E-state index in [1.807, 2.05) is 0 Å². The van der Waals surface area contributed by atoms with Crippen molar-refractivity contribution in [3.63, 3.8) is 0 Å². The number of aromatic nitrogens is 1. The summed E-state index contributed by atoms with van der Waals surface area (Å²) < 4.78 is 0. The van der Waals surface area contributed by atoms with Crippen LogP contribution in [0.25, 0.3) is 10.9 Å². The van der Waals surface area contributed by atoms with Crippen molar-refractivity contribution < 1.29 is 14.7 Å². The third kappa shape index (κ3) is 3.56. The quantitative estimate of drug-likeness (QED) is 0.428. The number of ketones is 1. The molecule has 1 amide bonds. The highest BCUT2D eigenvalue weighted by molar-refractivity contribution is 6.31. The van der Waals surface area contributed by atoms with Crippen LogP contribution in [-0.4, -0.2) is 21.8 Å². The summed E-state index contributed by atoms with van der Waals surface area (Å²) in [6, 6.07) is 19.5. The van der Waals surface area contributed by atoms with Gasteiger partial charge in [-0.3, -0.25) is 14.4 Å². The standard InChI is InChI=1S/C23H15ClN2O4/c24-14-10-11-18(16(12-14)20(27)13-6-2-1-3-7-13)26-23(30)19-21(28)15-8-4-5-9-17(15)25-22(19)29/h1-12H,(H,26,30)(H2,25,28,29). The number of nitrogens with one attached hydrogen (secondary N) is 2. The molecule has 1 aromatic heterocycles. The number of fused-ring (bicyclic) bond motifs is 1. The molecule has 148 valence electrons. The molecule has 0 bridgehead atoms. The normalized spacial score (nSPS) is 10.7. The van der Waals surface area contributed by atoms with E-state index >= 15 is 0 Å². The first kappa shape index (κ1) is 19.4. The molecule has 3 N–H and O–H groups in total. The van der Waals surface area contributed by atoms with Gasteiger partial charge in [-0.15, -0.1) is 0 Å². The molecule has 0 unspecified atom stereocenters. The SMILES string of the molecule is O=C(c1ccccc1)c1cc(Cl)ccc1NC(=O)c1c(O)c2ccccc2[nH]c1=O. The summed E-state index contributed by atoms with van der Waals surface area (Å²) >= 11 is 6.06. The molecule has 0 aliphatic rings. The van der Waals surface area contributed by atoms with E-state index in [0.717, 1.165) is 0 Å². The zero-order valence-corrected chi connectivity index (χ0v) is 16.2. The lowest BCUT2D eigenvalue weighted by molar-refractivity contribution is 0.102. The molecule has 7 heteroatoms. The van der Waals surface area contributed by atoms with Gasteiger partial charge in [0.05, 0.1) is 11.2 Å². The number of hydrogen-bond donors (Lipinski definition) is 3. The fourth-order valence-corrected chi connectivity index (χ4v) is 3.35. The van der Waals surface area contributed by atoms with Gasteiger partial charge < -0.3 is 15.4 Å². The van der Waals surface area contributed by atoms with Crippen LogP contribution in [0.3, 0.4) is 0 Å². The fourth-order valence-electron chi connectivity index (χ4n) is 3.18. The lowest BCUT2D eigenvalue weighted by atomic mass is 10.0. The Morgan fingerprint density at radius 2 is 1.63 bits per heavy atom. The molecule has 0 fully saturated rings. The number of benzene rings is 3. The Bertz CT molecular complexity index is 1350. The average molecular weight is 419 g/mol. The van der Waals surface area contributed by atoms with Crippen LogP contribution in [-0.2, 0) is 0 Å². The monoisotopic (exact) mass is 418 g/mol. The third-order valence-corrected chi connectivity index (χ3v) is 4.87. The molecule has 0 aliphatic carbocycles. The number of aromatic amines is 1. The predicted octanol–water partition coefficient (Wildman–Crippen LogP) is 4.37. The van der Waals surface area contributed by atoms with Crippen LogP contribution in [0.1, 0.15) is 26.3 Å². The molecule has 0 saturated carbocycles. The minimum absolute atomic E-state index is 0.166. The van der Waals surface area contributed by atoms with Gasteiger partial charge in [-0.1, -0.05) is 54.1 Å². The Balaban J connectivity index is 1.76. The van der Waals surface area contributed by atoms with E-state index in [0.29, 0.717) is 21.5 Å². The van der Waals surface area contributed by atoms with Crippen molar-refractivity contribution in [3.05, 3.63) is 105 Å². The molecule has 30 heavy (non-hydrogen) atoms. The lowest BCUT2D eigenvalue weighted by Gasteiger charge is -2.12. The first-order chi connectivity index (χ1) is 14.5. The number of para-hydroxylation sites is 1. The summed E-state index contributed by atoms with van der Waals surface area (Å²) in [5, 5.41) is 13.7. The van der Waals surface area contributed by atoms with Crippen LogP contribution in [0.15, 0.2) is 77.6 Å². The Morgan fingerprint density at radius 1 is 0.933 bits per heavy atom. The second kappa shape index (κ2) is 7.85. The summed E-state index contributed by atoms with van der Waals surface area (Å²) in [5.74, 6) is -1.62. The summed E-state index contributed by atoms with van der Waals surface area (Å²) in [4.78, 5) is 40.8. The van der Waals surface area contributed by atoms with E-state index in [-0.39, 0.29) is 17.0 Å². The molecule has 4 rings (SSSR count). The van der Waals surface area contributed by atoms with Crippen LogP contribution in [0.5, 0.6) is 5.75 Å². The number of aromatic hydroxyl groups is 1. The summed E-state index contributed by atoms with van der Waals surface area (Å²) in [6.07, 6.45) is 0. The average Bonchev–Trinajstić information content (AvgIpc) is 2.75. The molecule has 6 nitrogen and oxygen atoms in total. The number of carbonyl (C=O) groups excluding carboxylic acids is 2. The molecule has 1 heterocycles. The Kier molecular flexibility index (Phi) is 5.08. The maximum atomic E-state index is 12.9. The van der Waals surface area contributed by atoms with Gasteiger partial charge >= 0.3 is 0 Å². The zero-order chi connectivity index (χ0) is 21.3. The van der Waals surface area contributed by atoms with E-state index in [2.05, 4.69) is 10.3 Å². The van der Waals surface area contributed by atoms with E-state index in [9.17, 15) is 19.5 Å². The zero-order valence-electron chi connectivity index (χ0n) is 15.5. The first-order valence-electron chi connectivity index (χ1n) is 9.00. The highest BCUT2D eigenvalue weighted by atomic mass is 35.5. The number of hydrogen-bond acceptors (Lipinski definition) is 4. The van der Waals surface area contributed by atoms with Gasteiger partial charge in [0.1, 0.15) is 11.3 Å². The Hall–Kier alpha value is -3.90. The number of carbonyl (C=O) groups is 2. The van der Waals surface area contributed by atoms with Crippen molar-refractivity contribution in [2.75, 3.05) is 5.32 Å². The first-order valence-corrected chi connectivity index (χ1v) is 9.38. The third-order valence-electron chi connectivity index (χ3n) is 4.63. The van der Waals surface area contributed by atoms with E-state index in [1.165, 1.54) is 18.2 Å². The summed E-state index contributed by atoms with van der Waals surface area (Å²) in [7, 11) is 0. The Morgan fingerprint density at radius 3 is 2.40 bits per heavy atom. The molecule has 4 aromatic rings. The second-order valence-electron chi connectivity index (χ2n) is 6.56. The molecule has 0 radical (unpaired) electrons. The molecule has 3 aromatic carbocycles. The van der Waals surface area contributed by atoms with Crippen LogP contribution in [0, 0.1) is 0 Å². The lowest BCUT2D eigenvalue weighted by Crippen LogP contribution is -2.24. The summed E-state index contributed by atoms with van der Waals surface area (Å²) in [6.45, 7) is 0. The van der Waals surface area contributed by atoms with Gasteiger partial charge in [0.25, 0.3) is 11.5 Å². The number of pyridine rings is 1. The van der Waals surface area contributed by atoms with Gasteiger partial charge in [-0.2, -0.15) is 0 Å². The van der Waals surface area contributed by atoms with E-state index < -0.39 is 22.8 Å². The van der Waals surface area contributed by atoms with Crippen molar-refractivity contribution in [1.29, 1.82) is 0 Å². The number of anilines is 1. The number of amides is 1. The topological polar surface area (TPSA) is 99.3 Å². The molecule has 0 saturated heterocycles. The molecule has 0 aliphatic heterocycles. The van der Waals surface area contributed by atoms with Crippen molar-refractivity contribution >= 4 is 39.9 Å². The predicted molar refractivity (Wildman–Crippen MR) is 116 cm³/mol. The Labute approximate surface area is 175 Å². The van der Waals surface area contributed by atoms with Crippen LogP contribution in [0.4, 0.5) is 5.69 Å². The molecule has 0 atom stereocenters. The van der Waals surface area contributed by atoms with Crippen molar-refractivity contribution in [3.8, 4) is 5.75 Å². The van der Waals surface area contributed by atoms with E-state index in [4.69, 9.17) is 11.6 Å². The van der Waals surface area contributed by atoms with Gasteiger partial charge in [0.2, 0.25) is 0 Å². The van der Waals surface area contributed by atoms with Crippen molar-refractivity contribution in [1.82, 2.24) is 4.98 Å². The van der Waals surface area contributed by atoms with Gasteiger partial charge in [-0.25, -0.2) is 0 Å². The van der Waals surface area contributed by atoms with Crippen molar-refractivity contribution in [2.45, 2.75) is 0 Å². The summed E-state index contributed by atoms with van der Waals surface area (Å²) in [5.41, 5.74) is -0.0241. The number of H-pyrrole nitrogens is 1. The minimum Gasteiger partial charge on any atom is -0.506 e. The minimum atomic E-state index is -0.844. The second-order valence-corrected chi connectivity index (χ2v) is 7.00. The fraction of sp³-hybridized carbons (Fsp3) is 0. The van der Waals surface area contributed by atoms with Gasteiger partial charge in [0, 0.05) is 21.5 Å². The number of halogens is 1. The van der Waals surface area contributed by atoms with Crippen LogP contribution in [0.2, 0.25) is 5.02 Å². The smallest absolute Gasteiger partial charge is 0.265 e. The van der Waals surface area contributed by atoms with Crippen molar-refractivity contribution in [2.24, 2.45) is 0 Å². The molecular formula is C23H15ClN2O4. The molecule has 0 spiro atoms. The highest BCUT2D eigenvalue weighted by Crippen LogP contribution is 2.27. The van der Waals surface area contributed by atoms with Crippen LogP contribution < -0.4 is 10.9 Å². The molecular weight excluding hydrogens is 404 g/mol. The van der Waals surface area contributed by atoms with Gasteiger partial charge in [0.15, 0.2) is 5.78 Å². The largest absolute Gasteiger partial charge is 0.506 e.